The van der Waals surface area contributed by atoms with Crippen LogP contribution in [0.25, 0.3) is 16.7 Å². The summed E-state index contributed by atoms with van der Waals surface area (Å²) in [5, 5.41) is 5.70. The highest BCUT2D eigenvalue weighted by Crippen LogP contribution is 2.43. The second-order valence-electron chi connectivity index (χ2n) is 12.0. The Morgan fingerprint density at radius 1 is 1.07 bits per heavy atom. The number of carbonyl (C=O) groups excluding carboxylic acids is 2. The molecule has 1 saturated carbocycles. The Morgan fingerprint density at radius 3 is 2.38 bits per heavy atom. The summed E-state index contributed by atoms with van der Waals surface area (Å²) in [6.45, 7) is 6.74. The van der Waals surface area contributed by atoms with Crippen molar-refractivity contribution in [3.63, 3.8) is 0 Å². The average Bonchev–Trinajstić information content (AvgIpc) is 3.38. The number of hydrogen-bond donors (Lipinski definition) is 1. The lowest BCUT2D eigenvalue weighted by atomic mass is 9.82. The van der Waals surface area contributed by atoms with Crippen LogP contribution in [-0.4, -0.2) is 103 Å². The van der Waals surface area contributed by atoms with Gasteiger partial charge in [-0.3, -0.25) is 4.79 Å². The first-order valence-corrected chi connectivity index (χ1v) is 16.8. The minimum atomic E-state index is -4.14. The van der Waals surface area contributed by atoms with Gasteiger partial charge in [-0.2, -0.15) is 17.8 Å². The van der Waals surface area contributed by atoms with Crippen LogP contribution in [0.2, 0.25) is 0 Å². The van der Waals surface area contributed by atoms with Crippen molar-refractivity contribution < 1.29 is 31.9 Å². The maximum atomic E-state index is 13.9. The number of amides is 2. The van der Waals surface area contributed by atoms with Gasteiger partial charge in [0.05, 0.1) is 42.3 Å². The van der Waals surface area contributed by atoms with Crippen LogP contribution in [0.4, 0.5) is 14.9 Å². The summed E-state index contributed by atoms with van der Waals surface area (Å²) in [5.41, 5.74) is 2.33. The molecule has 0 radical (unpaired) electrons. The van der Waals surface area contributed by atoms with Crippen molar-refractivity contribution in [1.82, 2.24) is 28.7 Å². The van der Waals surface area contributed by atoms with E-state index in [4.69, 9.17) is 14.6 Å². The molecule has 2 aliphatic heterocycles. The number of benzene rings is 1. The molecule has 3 aromatic rings. The zero-order valence-corrected chi connectivity index (χ0v) is 26.3. The molecule has 2 aromatic heterocycles. The van der Waals surface area contributed by atoms with Gasteiger partial charge in [0.25, 0.3) is 5.91 Å². The molecule has 1 aromatic carbocycles. The van der Waals surface area contributed by atoms with Crippen molar-refractivity contribution in [3.8, 4) is 5.69 Å². The van der Waals surface area contributed by atoms with Crippen LogP contribution in [-0.2, 0) is 19.7 Å². The highest BCUT2D eigenvalue weighted by Gasteiger charge is 2.33. The third-order valence-electron chi connectivity index (χ3n) is 8.39. The van der Waals surface area contributed by atoms with E-state index in [1.54, 1.807) is 27.8 Å². The number of carbonyl (C=O) groups is 2. The van der Waals surface area contributed by atoms with Crippen molar-refractivity contribution >= 4 is 38.9 Å². The Balaban J connectivity index is 1.40. The zero-order valence-electron chi connectivity index (χ0n) is 25.4. The number of aromatic nitrogens is 3. The van der Waals surface area contributed by atoms with Crippen LogP contribution in [0.3, 0.4) is 0 Å². The Hall–Kier alpha value is -3.82. The molecule has 0 unspecified atom stereocenters. The lowest BCUT2D eigenvalue weighted by molar-refractivity contribution is 0.0718. The van der Waals surface area contributed by atoms with Crippen molar-refractivity contribution in [1.29, 1.82) is 0 Å². The highest BCUT2D eigenvalue weighted by molar-refractivity contribution is 7.87. The van der Waals surface area contributed by atoms with Gasteiger partial charge < -0.3 is 19.3 Å². The fourth-order valence-corrected chi connectivity index (χ4v) is 6.80. The fourth-order valence-electron chi connectivity index (χ4n) is 5.70. The summed E-state index contributed by atoms with van der Waals surface area (Å²) in [6, 6.07) is 7.44. The lowest BCUT2D eigenvalue weighted by Gasteiger charge is -2.36. The van der Waals surface area contributed by atoms with E-state index in [1.807, 2.05) is 13.8 Å². The van der Waals surface area contributed by atoms with Crippen molar-refractivity contribution in [2.24, 2.45) is 5.92 Å². The van der Waals surface area contributed by atoms with Gasteiger partial charge in [0.2, 0.25) is 0 Å². The van der Waals surface area contributed by atoms with Crippen LogP contribution >= 0.6 is 0 Å². The van der Waals surface area contributed by atoms with Gasteiger partial charge in [0, 0.05) is 45.2 Å². The van der Waals surface area contributed by atoms with Gasteiger partial charge in [0.1, 0.15) is 11.5 Å². The maximum Gasteiger partial charge on any atom is 0.409 e. The number of ether oxygens (including phenoxy) is 2. The number of piperazine rings is 1. The first-order valence-electron chi connectivity index (χ1n) is 15.4. The summed E-state index contributed by atoms with van der Waals surface area (Å²) in [6.07, 6.45) is 2.60. The Morgan fingerprint density at radius 2 is 1.76 bits per heavy atom. The molecule has 3 fully saturated rings. The van der Waals surface area contributed by atoms with E-state index in [-0.39, 0.29) is 49.9 Å². The third-order valence-corrected chi connectivity index (χ3v) is 9.88. The molecule has 2 amide bonds. The van der Waals surface area contributed by atoms with Gasteiger partial charge in [-0.05, 0) is 49.1 Å². The SMILES string of the molecule is CC(C)COC(=O)N1CCN(c2cc(C(=O)NS(=O)(=O)N3CCOCC3)nc3c2c(C2CCC2)nn3-c2ccc(F)cc2)CC1. The van der Waals surface area contributed by atoms with Crippen molar-refractivity contribution in [2.45, 2.75) is 39.0 Å². The molecule has 3 aliphatic rings. The molecule has 0 spiro atoms. The number of halogens is 1. The van der Waals surface area contributed by atoms with Crippen LogP contribution < -0.4 is 9.62 Å². The smallest absolute Gasteiger partial charge is 0.409 e. The van der Waals surface area contributed by atoms with Crippen LogP contribution in [0, 0.1) is 11.7 Å². The summed E-state index contributed by atoms with van der Waals surface area (Å²) >= 11 is 0. The van der Waals surface area contributed by atoms with Gasteiger partial charge >= 0.3 is 16.3 Å². The molecule has 6 rings (SSSR count). The Bertz CT molecular complexity index is 1660. The zero-order chi connectivity index (χ0) is 31.7. The largest absolute Gasteiger partial charge is 0.449 e. The minimum absolute atomic E-state index is 0.100. The van der Waals surface area contributed by atoms with E-state index < -0.39 is 21.9 Å². The normalized spacial score (nSPS) is 18.3. The number of anilines is 1. The Labute approximate surface area is 261 Å². The summed E-state index contributed by atoms with van der Waals surface area (Å²) < 4.78 is 55.6. The molecule has 4 heterocycles. The lowest BCUT2D eigenvalue weighted by Crippen LogP contribution is -2.49. The number of pyridine rings is 1. The maximum absolute atomic E-state index is 13.9. The second kappa shape index (κ2) is 12.9. The number of rotatable bonds is 8. The van der Waals surface area contributed by atoms with E-state index in [2.05, 4.69) is 14.6 Å². The minimum Gasteiger partial charge on any atom is -0.449 e. The summed E-state index contributed by atoms with van der Waals surface area (Å²) in [7, 11) is -4.14. The van der Waals surface area contributed by atoms with E-state index in [0.717, 1.165) is 30.3 Å². The number of nitrogens with zero attached hydrogens (tertiary/aromatic N) is 6. The second-order valence-corrected chi connectivity index (χ2v) is 13.7. The van der Waals surface area contributed by atoms with E-state index >= 15 is 0 Å². The highest BCUT2D eigenvalue weighted by atomic mass is 32.2. The third kappa shape index (κ3) is 6.60. The predicted octanol–water partition coefficient (Wildman–Crippen LogP) is 3.05. The van der Waals surface area contributed by atoms with Gasteiger partial charge in [-0.25, -0.2) is 23.6 Å². The van der Waals surface area contributed by atoms with Crippen LogP contribution in [0.1, 0.15) is 55.2 Å². The van der Waals surface area contributed by atoms with Crippen LogP contribution in [0.5, 0.6) is 0 Å². The predicted molar refractivity (Wildman–Crippen MR) is 164 cm³/mol. The number of nitrogens with one attached hydrogen (secondary N) is 1. The monoisotopic (exact) mass is 643 g/mol. The van der Waals surface area contributed by atoms with E-state index in [0.29, 0.717) is 49.8 Å². The first kappa shape index (κ1) is 31.2. The summed E-state index contributed by atoms with van der Waals surface area (Å²) in [4.78, 5) is 34.6. The van der Waals surface area contributed by atoms with Gasteiger partial charge in [-0.1, -0.05) is 20.3 Å². The standard InChI is InChI=1S/C30H38FN7O6S/c1-20(2)19-44-30(40)36-12-10-35(11-13-36)25-18-24(29(39)34-45(41,42)37-14-16-43-17-15-37)32-28-26(25)27(21-4-3-5-21)33-38(28)23-8-6-22(31)7-9-23/h6-9,18,20-21H,3-5,10-17,19H2,1-2H3,(H,34,39). The molecular weight excluding hydrogens is 605 g/mol. The molecule has 15 heteroatoms. The topological polar surface area (TPSA) is 139 Å². The molecule has 13 nitrogen and oxygen atoms in total. The molecule has 242 valence electrons. The molecule has 45 heavy (non-hydrogen) atoms. The molecule has 2 saturated heterocycles. The van der Waals surface area contributed by atoms with Crippen molar-refractivity contribution in [3.05, 3.63) is 47.5 Å². The quantitative estimate of drug-likeness (QED) is 0.392. The number of morpholine rings is 1. The first-order chi connectivity index (χ1) is 21.6. The molecular formula is C30H38FN7O6S. The van der Waals surface area contributed by atoms with Crippen LogP contribution in [0.15, 0.2) is 30.3 Å². The van der Waals surface area contributed by atoms with E-state index in [1.165, 1.54) is 16.4 Å². The molecule has 1 N–H and O–H groups in total. The molecule has 1 aliphatic carbocycles. The summed E-state index contributed by atoms with van der Waals surface area (Å²) in [5.74, 6) is -0.873. The molecule has 0 bridgehead atoms. The van der Waals surface area contributed by atoms with Gasteiger partial charge in [-0.15, -0.1) is 0 Å². The number of fused-ring (bicyclic) bond motifs is 1. The van der Waals surface area contributed by atoms with E-state index in [9.17, 15) is 22.4 Å². The Kier molecular flexibility index (Phi) is 8.93. The van der Waals surface area contributed by atoms with Crippen molar-refractivity contribution in [2.75, 3.05) is 64.0 Å². The average molecular weight is 644 g/mol. The fraction of sp³-hybridized carbons (Fsp3) is 0.533. The van der Waals surface area contributed by atoms with Gasteiger partial charge in [0.15, 0.2) is 5.65 Å². The molecule has 0 atom stereocenters. The number of hydrogen-bond acceptors (Lipinski definition) is 9.